The van der Waals surface area contributed by atoms with Crippen LogP contribution in [0.15, 0.2) is 54.6 Å². The van der Waals surface area contributed by atoms with Crippen LogP contribution in [0, 0.1) is 0 Å². The lowest BCUT2D eigenvalue weighted by atomic mass is 10.1. The van der Waals surface area contributed by atoms with Gasteiger partial charge in [0.2, 0.25) is 0 Å². The maximum absolute atomic E-state index is 13.3. The van der Waals surface area contributed by atoms with E-state index in [9.17, 15) is 14.4 Å². The molecule has 0 saturated carbocycles. The number of carbonyl (C=O) groups excluding carboxylic acids is 3. The SMILES string of the molecule is COC(=O)CN1C(=O)C2C(NC3N(c4ccc(Oc5ccccc5)cc4)CCCN23)N(C)C1=O. The van der Waals surface area contributed by atoms with Crippen molar-refractivity contribution in [3.05, 3.63) is 54.6 Å². The van der Waals surface area contributed by atoms with Crippen molar-refractivity contribution in [3.8, 4) is 11.5 Å². The number of rotatable bonds is 5. The summed E-state index contributed by atoms with van der Waals surface area (Å²) >= 11 is 0. The average molecular weight is 466 g/mol. The fourth-order valence-electron chi connectivity index (χ4n) is 4.85. The molecule has 5 rings (SSSR count). The standard InChI is InChI=1S/C24H27N5O5/c1-26-21-20(22(31)29(24(26)32)15-19(30)33-2)28-14-6-13-27(23(28)25-21)16-9-11-18(12-10-16)34-17-7-4-3-5-8-17/h3-5,7-12,20-21,23,25H,6,13-15H2,1-2H3. The van der Waals surface area contributed by atoms with Gasteiger partial charge in [-0.05, 0) is 42.8 Å². The second kappa shape index (κ2) is 8.96. The Kier molecular flexibility index (Phi) is 5.84. The summed E-state index contributed by atoms with van der Waals surface area (Å²) in [6, 6.07) is 16.3. The predicted octanol–water partition coefficient (Wildman–Crippen LogP) is 1.64. The topological polar surface area (TPSA) is 94.7 Å². The molecule has 3 amide bonds. The second-order valence-corrected chi connectivity index (χ2v) is 8.52. The number of urea groups is 1. The van der Waals surface area contributed by atoms with Crippen molar-refractivity contribution in [2.45, 2.75) is 24.9 Å². The Bertz CT molecular complexity index is 1080. The first-order valence-electron chi connectivity index (χ1n) is 11.2. The highest BCUT2D eigenvalue weighted by atomic mass is 16.5. The lowest BCUT2D eigenvalue weighted by molar-refractivity contribution is -0.149. The third-order valence-electron chi connectivity index (χ3n) is 6.53. The Morgan fingerprint density at radius 2 is 1.74 bits per heavy atom. The van der Waals surface area contributed by atoms with E-state index < -0.39 is 30.8 Å². The Morgan fingerprint density at radius 1 is 1.03 bits per heavy atom. The summed E-state index contributed by atoms with van der Waals surface area (Å²) in [6.07, 6.45) is 0.105. The van der Waals surface area contributed by atoms with Crippen LogP contribution in [0.4, 0.5) is 10.5 Å². The van der Waals surface area contributed by atoms with E-state index in [1.54, 1.807) is 7.05 Å². The minimum atomic E-state index is -0.630. The van der Waals surface area contributed by atoms with E-state index in [4.69, 9.17) is 4.74 Å². The normalized spacial score (nSPS) is 24.6. The molecule has 3 heterocycles. The molecule has 3 atom stereocenters. The summed E-state index contributed by atoms with van der Waals surface area (Å²) in [7, 11) is 2.88. The number of likely N-dealkylation sites (N-methyl/N-ethyl adjacent to an activating group) is 1. The number of benzene rings is 2. The van der Waals surface area contributed by atoms with Gasteiger partial charge < -0.3 is 19.3 Å². The summed E-state index contributed by atoms with van der Waals surface area (Å²) in [5.74, 6) is 0.482. The van der Waals surface area contributed by atoms with Crippen LogP contribution < -0.4 is 15.0 Å². The van der Waals surface area contributed by atoms with Crippen LogP contribution in [-0.2, 0) is 14.3 Å². The molecule has 0 aliphatic carbocycles. The van der Waals surface area contributed by atoms with Crippen molar-refractivity contribution in [1.29, 1.82) is 0 Å². The number of esters is 1. The Labute approximate surface area is 197 Å². The third kappa shape index (κ3) is 3.84. The fourth-order valence-corrected chi connectivity index (χ4v) is 4.85. The number of carbonyl (C=O) groups is 3. The average Bonchev–Trinajstić information content (AvgIpc) is 3.26. The van der Waals surface area contributed by atoms with Gasteiger partial charge >= 0.3 is 12.0 Å². The van der Waals surface area contributed by atoms with Gasteiger partial charge in [0.15, 0.2) is 0 Å². The van der Waals surface area contributed by atoms with Crippen molar-refractivity contribution in [1.82, 2.24) is 20.0 Å². The fraction of sp³-hybridized carbons (Fsp3) is 0.375. The number of ether oxygens (including phenoxy) is 2. The molecule has 2 aromatic rings. The monoisotopic (exact) mass is 465 g/mol. The van der Waals surface area contributed by atoms with E-state index in [1.807, 2.05) is 54.6 Å². The van der Waals surface area contributed by atoms with Gasteiger partial charge in [0.25, 0.3) is 5.91 Å². The maximum Gasteiger partial charge on any atom is 0.328 e. The van der Waals surface area contributed by atoms with E-state index >= 15 is 0 Å². The first kappa shape index (κ1) is 22.2. The van der Waals surface area contributed by atoms with Crippen LogP contribution in [0.1, 0.15) is 6.42 Å². The van der Waals surface area contributed by atoms with Crippen LogP contribution in [0.25, 0.3) is 0 Å². The molecule has 10 nitrogen and oxygen atoms in total. The molecule has 3 fully saturated rings. The van der Waals surface area contributed by atoms with E-state index in [2.05, 4.69) is 19.9 Å². The largest absolute Gasteiger partial charge is 0.468 e. The Hall–Kier alpha value is -3.63. The number of hydrogen-bond acceptors (Lipinski definition) is 8. The Morgan fingerprint density at radius 3 is 2.44 bits per heavy atom. The summed E-state index contributed by atoms with van der Waals surface area (Å²) in [6.45, 7) is 1.10. The molecule has 10 heteroatoms. The van der Waals surface area contributed by atoms with Gasteiger partial charge in [0, 0.05) is 25.8 Å². The first-order chi connectivity index (χ1) is 16.5. The number of fused-ring (bicyclic) bond motifs is 3. The van der Waals surface area contributed by atoms with E-state index in [1.165, 1.54) is 12.0 Å². The van der Waals surface area contributed by atoms with Crippen LogP contribution in [0.5, 0.6) is 11.5 Å². The highest BCUT2D eigenvalue weighted by Gasteiger charge is 2.56. The van der Waals surface area contributed by atoms with Crippen LogP contribution in [0.3, 0.4) is 0 Å². The molecule has 178 valence electrons. The van der Waals surface area contributed by atoms with E-state index in [-0.39, 0.29) is 12.2 Å². The molecular weight excluding hydrogens is 438 g/mol. The molecule has 34 heavy (non-hydrogen) atoms. The first-order valence-corrected chi connectivity index (χ1v) is 11.2. The van der Waals surface area contributed by atoms with Crippen molar-refractivity contribution in [2.75, 3.05) is 38.7 Å². The number of nitrogens with one attached hydrogen (secondary N) is 1. The zero-order chi connectivity index (χ0) is 23.8. The zero-order valence-corrected chi connectivity index (χ0v) is 19.1. The summed E-state index contributed by atoms with van der Waals surface area (Å²) in [5.41, 5.74) is 0.981. The van der Waals surface area contributed by atoms with Gasteiger partial charge in [-0.2, -0.15) is 0 Å². The lowest BCUT2D eigenvalue weighted by Gasteiger charge is -2.43. The van der Waals surface area contributed by atoms with Crippen molar-refractivity contribution >= 4 is 23.6 Å². The summed E-state index contributed by atoms with van der Waals surface area (Å²) in [5, 5.41) is 3.46. The van der Waals surface area contributed by atoms with Crippen LogP contribution >= 0.6 is 0 Å². The van der Waals surface area contributed by atoms with Crippen LogP contribution in [0.2, 0.25) is 0 Å². The zero-order valence-electron chi connectivity index (χ0n) is 19.1. The summed E-state index contributed by atoms with van der Waals surface area (Å²) < 4.78 is 10.6. The number of anilines is 1. The molecule has 3 saturated heterocycles. The predicted molar refractivity (Wildman–Crippen MR) is 123 cm³/mol. The molecule has 0 bridgehead atoms. The lowest BCUT2D eigenvalue weighted by Crippen LogP contribution is -2.67. The highest BCUT2D eigenvalue weighted by molar-refractivity contribution is 6.02. The molecule has 0 radical (unpaired) electrons. The van der Waals surface area contributed by atoms with E-state index in [0.717, 1.165) is 35.1 Å². The number of hydrogen-bond donors (Lipinski definition) is 1. The van der Waals surface area contributed by atoms with E-state index in [0.29, 0.717) is 6.54 Å². The molecule has 2 aromatic carbocycles. The second-order valence-electron chi connectivity index (χ2n) is 8.52. The van der Waals surface area contributed by atoms with Gasteiger partial charge in [0.05, 0.1) is 7.11 Å². The minimum absolute atomic E-state index is 0.262. The van der Waals surface area contributed by atoms with Crippen molar-refractivity contribution < 1.29 is 23.9 Å². The maximum atomic E-state index is 13.3. The molecule has 3 unspecified atom stereocenters. The number of para-hydroxylation sites is 1. The quantitative estimate of drug-likeness (QED) is 0.666. The van der Waals surface area contributed by atoms with Gasteiger partial charge in [-0.15, -0.1) is 0 Å². The molecule has 3 aliphatic heterocycles. The van der Waals surface area contributed by atoms with Crippen LogP contribution in [-0.4, -0.2) is 84.9 Å². The number of imide groups is 1. The van der Waals surface area contributed by atoms with Crippen molar-refractivity contribution in [2.24, 2.45) is 0 Å². The van der Waals surface area contributed by atoms with Gasteiger partial charge in [-0.1, -0.05) is 18.2 Å². The van der Waals surface area contributed by atoms with Gasteiger partial charge in [-0.25, -0.2) is 4.79 Å². The molecule has 1 N–H and O–H groups in total. The molecule has 0 spiro atoms. The number of amides is 3. The minimum Gasteiger partial charge on any atom is -0.468 e. The summed E-state index contributed by atoms with van der Waals surface area (Å²) in [4.78, 5) is 44.6. The highest BCUT2D eigenvalue weighted by Crippen LogP contribution is 2.34. The van der Waals surface area contributed by atoms with Gasteiger partial charge in [0.1, 0.15) is 36.5 Å². The third-order valence-corrected chi connectivity index (χ3v) is 6.53. The molecular formula is C24H27N5O5. The van der Waals surface area contributed by atoms with Crippen molar-refractivity contribution in [3.63, 3.8) is 0 Å². The molecule has 3 aliphatic rings. The number of nitrogens with zero attached hydrogens (tertiary/aromatic N) is 4. The number of methoxy groups -OCH3 is 1. The smallest absolute Gasteiger partial charge is 0.328 e. The molecule has 0 aromatic heterocycles. The Balaban J connectivity index is 1.36. The van der Waals surface area contributed by atoms with Gasteiger partial charge in [-0.3, -0.25) is 24.7 Å².